The number of morpholine rings is 1. The highest BCUT2D eigenvalue weighted by atomic mass is 79.9. The van der Waals surface area contributed by atoms with Crippen LogP contribution in [0.4, 0.5) is 0 Å². The molecule has 4 nitrogen and oxygen atoms in total. The molecule has 2 aromatic carbocycles. The van der Waals surface area contributed by atoms with E-state index in [0.29, 0.717) is 6.61 Å². The lowest BCUT2D eigenvalue weighted by molar-refractivity contribution is 0.0384. The second kappa shape index (κ2) is 9.92. The van der Waals surface area contributed by atoms with E-state index in [1.54, 1.807) is 0 Å². The third-order valence-corrected chi connectivity index (χ3v) is 4.89. The lowest BCUT2D eigenvalue weighted by Gasteiger charge is -2.26. The smallest absolute Gasteiger partial charge is 0.134 e. The molecule has 0 bridgehead atoms. The zero-order valence-electron chi connectivity index (χ0n) is 14.4. The number of ether oxygens (including phenoxy) is 2. The first-order chi connectivity index (χ1) is 12.3. The first-order valence-corrected chi connectivity index (χ1v) is 9.56. The minimum Gasteiger partial charge on any atom is -0.488 e. The minimum atomic E-state index is 0.580. The quantitative estimate of drug-likeness (QED) is 0.683. The Balaban J connectivity index is 1.41. The fourth-order valence-corrected chi connectivity index (χ4v) is 3.34. The zero-order valence-corrected chi connectivity index (χ0v) is 16.0. The predicted molar refractivity (Wildman–Crippen MR) is 104 cm³/mol. The molecule has 134 valence electrons. The van der Waals surface area contributed by atoms with Crippen LogP contribution in [0.5, 0.6) is 5.75 Å². The van der Waals surface area contributed by atoms with E-state index in [2.05, 4.69) is 50.4 Å². The van der Waals surface area contributed by atoms with Crippen molar-refractivity contribution in [1.29, 1.82) is 0 Å². The summed E-state index contributed by atoms with van der Waals surface area (Å²) in [5.41, 5.74) is 2.42. The first-order valence-electron chi connectivity index (χ1n) is 8.77. The summed E-state index contributed by atoms with van der Waals surface area (Å²) in [7, 11) is 0. The highest BCUT2D eigenvalue weighted by molar-refractivity contribution is 9.10. The maximum absolute atomic E-state index is 5.90. The van der Waals surface area contributed by atoms with Gasteiger partial charge >= 0.3 is 0 Å². The van der Waals surface area contributed by atoms with Crippen LogP contribution >= 0.6 is 15.9 Å². The third-order valence-electron chi connectivity index (χ3n) is 4.27. The molecule has 1 fully saturated rings. The van der Waals surface area contributed by atoms with Crippen LogP contribution in [-0.4, -0.2) is 44.3 Å². The van der Waals surface area contributed by atoms with Crippen LogP contribution in [-0.2, 0) is 17.9 Å². The van der Waals surface area contributed by atoms with Crippen molar-refractivity contribution in [2.75, 3.05) is 39.4 Å². The average molecular weight is 405 g/mol. The van der Waals surface area contributed by atoms with Crippen molar-refractivity contribution in [3.8, 4) is 5.75 Å². The monoisotopic (exact) mass is 404 g/mol. The zero-order chi connectivity index (χ0) is 17.3. The highest BCUT2D eigenvalue weighted by Crippen LogP contribution is 2.26. The molecule has 5 heteroatoms. The lowest BCUT2D eigenvalue weighted by atomic mass is 10.2. The fourth-order valence-electron chi connectivity index (χ4n) is 2.80. The summed E-state index contributed by atoms with van der Waals surface area (Å²) in [6.45, 7) is 7.31. The highest BCUT2D eigenvalue weighted by Gasteiger charge is 2.09. The van der Waals surface area contributed by atoms with Gasteiger partial charge in [-0.1, -0.05) is 36.4 Å². The molecule has 1 aliphatic rings. The van der Waals surface area contributed by atoms with E-state index < -0.39 is 0 Å². The number of nitrogens with one attached hydrogen (secondary N) is 1. The van der Waals surface area contributed by atoms with Crippen molar-refractivity contribution in [3.63, 3.8) is 0 Å². The number of benzene rings is 2. The van der Waals surface area contributed by atoms with Crippen molar-refractivity contribution < 1.29 is 9.47 Å². The summed E-state index contributed by atoms with van der Waals surface area (Å²) in [5, 5.41) is 3.51. The van der Waals surface area contributed by atoms with E-state index in [1.165, 1.54) is 11.1 Å². The maximum Gasteiger partial charge on any atom is 0.134 e. The molecule has 0 atom stereocenters. The molecule has 0 aliphatic carbocycles. The number of hydrogen-bond donors (Lipinski definition) is 1. The van der Waals surface area contributed by atoms with Crippen LogP contribution in [0, 0.1) is 0 Å². The minimum absolute atomic E-state index is 0.580. The molecule has 2 aromatic rings. The number of nitrogens with zero attached hydrogens (tertiary/aromatic N) is 1. The van der Waals surface area contributed by atoms with Crippen molar-refractivity contribution in [1.82, 2.24) is 10.2 Å². The molecular weight excluding hydrogens is 380 g/mol. The Hall–Kier alpha value is -1.40. The Morgan fingerprint density at radius 2 is 1.84 bits per heavy atom. The number of hydrogen-bond acceptors (Lipinski definition) is 4. The molecule has 0 aromatic heterocycles. The van der Waals surface area contributed by atoms with Gasteiger partial charge in [0.25, 0.3) is 0 Å². The molecule has 3 rings (SSSR count). The van der Waals surface area contributed by atoms with Crippen molar-refractivity contribution in [2.45, 2.75) is 13.2 Å². The fraction of sp³-hybridized carbons (Fsp3) is 0.400. The van der Waals surface area contributed by atoms with E-state index in [0.717, 1.165) is 56.2 Å². The van der Waals surface area contributed by atoms with Gasteiger partial charge in [0.15, 0.2) is 0 Å². The number of halogens is 1. The molecule has 0 radical (unpaired) electrons. The van der Waals surface area contributed by atoms with Gasteiger partial charge in [0.05, 0.1) is 17.7 Å². The normalized spacial score (nSPS) is 15.2. The van der Waals surface area contributed by atoms with Gasteiger partial charge < -0.3 is 14.8 Å². The summed E-state index contributed by atoms with van der Waals surface area (Å²) in [6, 6.07) is 16.5. The number of rotatable bonds is 8. The van der Waals surface area contributed by atoms with Gasteiger partial charge in [-0.05, 0) is 39.2 Å². The standard InChI is InChI=1S/C20H25BrN2O2/c21-19-14-18(15-22-8-9-23-10-12-24-13-11-23)6-7-20(19)25-16-17-4-2-1-3-5-17/h1-7,14,22H,8-13,15-16H2. The SMILES string of the molecule is Brc1cc(CNCCN2CCOCC2)ccc1OCc1ccccc1. The van der Waals surface area contributed by atoms with E-state index in [4.69, 9.17) is 9.47 Å². The van der Waals surface area contributed by atoms with Gasteiger partial charge in [0.2, 0.25) is 0 Å². The van der Waals surface area contributed by atoms with Gasteiger partial charge in [0.1, 0.15) is 12.4 Å². The van der Waals surface area contributed by atoms with Crippen LogP contribution < -0.4 is 10.1 Å². The Morgan fingerprint density at radius 1 is 1.04 bits per heavy atom. The van der Waals surface area contributed by atoms with Gasteiger partial charge in [-0.15, -0.1) is 0 Å². The van der Waals surface area contributed by atoms with E-state index >= 15 is 0 Å². The second-order valence-corrected chi connectivity index (χ2v) is 7.02. The molecular formula is C20H25BrN2O2. The Kier molecular flexibility index (Phi) is 7.30. The molecule has 25 heavy (non-hydrogen) atoms. The first kappa shape index (κ1) is 18.4. The van der Waals surface area contributed by atoms with Crippen LogP contribution in [0.1, 0.15) is 11.1 Å². The Labute approximate surface area is 158 Å². The molecule has 1 aliphatic heterocycles. The van der Waals surface area contributed by atoms with Crippen molar-refractivity contribution in [3.05, 3.63) is 64.1 Å². The van der Waals surface area contributed by atoms with Crippen molar-refractivity contribution >= 4 is 15.9 Å². The van der Waals surface area contributed by atoms with Crippen LogP contribution in [0.3, 0.4) is 0 Å². The molecule has 0 spiro atoms. The van der Waals surface area contributed by atoms with Gasteiger partial charge in [-0.3, -0.25) is 4.90 Å². The molecule has 0 saturated carbocycles. The van der Waals surface area contributed by atoms with Gasteiger partial charge in [0, 0.05) is 32.7 Å². The van der Waals surface area contributed by atoms with Crippen molar-refractivity contribution in [2.24, 2.45) is 0 Å². The largest absolute Gasteiger partial charge is 0.488 e. The molecule has 0 unspecified atom stereocenters. The molecule has 1 N–H and O–H groups in total. The van der Waals surface area contributed by atoms with E-state index in [-0.39, 0.29) is 0 Å². The summed E-state index contributed by atoms with van der Waals surface area (Å²) in [6.07, 6.45) is 0. The van der Waals surface area contributed by atoms with E-state index in [9.17, 15) is 0 Å². The predicted octanol–water partition coefficient (Wildman–Crippen LogP) is 3.45. The van der Waals surface area contributed by atoms with Crippen LogP contribution in [0.2, 0.25) is 0 Å². The second-order valence-electron chi connectivity index (χ2n) is 6.17. The Morgan fingerprint density at radius 3 is 2.60 bits per heavy atom. The topological polar surface area (TPSA) is 33.7 Å². The summed E-state index contributed by atoms with van der Waals surface area (Å²) in [5.74, 6) is 0.876. The average Bonchev–Trinajstić information content (AvgIpc) is 2.66. The molecule has 0 amide bonds. The Bertz CT molecular complexity index is 645. The van der Waals surface area contributed by atoms with Gasteiger partial charge in [-0.2, -0.15) is 0 Å². The van der Waals surface area contributed by atoms with Crippen LogP contribution in [0.25, 0.3) is 0 Å². The van der Waals surface area contributed by atoms with E-state index in [1.807, 2.05) is 24.3 Å². The summed E-state index contributed by atoms with van der Waals surface area (Å²) >= 11 is 3.62. The molecule has 1 saturated heterocycles. The molecule has 1 heterocycles. The maximum atomic E-state index is 5.90. The van der Waals surface area contributed by atoms with Gasteiger partial charge in [-0.25, -0.2) is 0 Å². The van der Waals surface area contributed by atoms with Crippen LogP contribution in [0.15, 0.2) is 53.0 Å². The summed E-state index contributed by atoms with van der Waals surface area (Å²) in [4.78, 5) is 2.44. The summed E-state index contributed by atoms with van der Waals surface area (Å²) < 4.78 is 12.3. The third kappa shape index (κ3) is 6.12. The lowest BCUT2D eigenvalue weighted by Crippen LogP contribution is -2.40.